The van der Waals surface area contributed by atoms with Gasteiger partial charge in [-0.15, -0.1) is 5.10 Å². The molecule has 2 unspecified atom stereocenters. The molecule has 2 N–H and O–H groups in total. The molecule has 1 aromatic rings. The van der Waals surface area contributed by atoms with E-state index >= 15 is 0 Å². The van der Waals surface area contributed by atoms with Gasteiger partial charge in [0.05, 0.1) is 37.7 Å². The van der Waals surface area contributed by atoms with E-state index in [2.05, 4.69) is 10.3 Å². The maximum absolute atomic E-state index is 11.1. The smallest absolute Gasteiger partial charge is 0.358 e. The monoisotopic (exact) mass is 301 g/mol. The predicted octanol–water partition coefficient (Wildman–Crippen LogP) is 0.512. The van der Waals surface area contributed by atoms with Gasteiger partial charge in [-0.1, -0.05) is 19.1 Å². The predicted molar refractivity (Wildman–Crippen MR) is 74.4 cm³/mol. The molecule has 0 fully saturated rings. The van der Waals surface area contributed by atoms with E-state index in [0.29, 0.717) is 12.3 Å². The number of aromatic nitrogens is 3. The Morgan fingerprint density at radius 3 is 2.52 bits per heavy atom. The van der Waals surface area contributed by atoms with Crippen molar-refractivity contribution in [1.29, 1.82) is 0 Å². The van der Waals surface area contributed by atoms with E-state index in [1.807, 2.05) is 20.8 Å². The molecule has 0 saturated heterocycles. The molecule has 1 heterocycles. The van der Waals surface area contributed by atoms with Gasteiger partial charge in [0.2, 0.25) is 0 Å². The van der Waals surface area contributed by atoms with Crippen molar-refractivity contribution in [2.75, 3.05) is 20.3 Å². The molecule has 1 aromatic heterocycles. The van der Waals surface area contributed by atoms with Crippen molar-refractivity contribution in [3.8, 4) is 0 Å². The van der Waals surface area contributed by atoms with Crippen molar-refractivity contribution in [2.24, 2.45) is 0 Å². The van der Waals surface area contributed by atoms with Crippen molar-refractivity contribution in [3.05, 3.63) is 11.4 Å². The summed E-state index contributed by atoms with van der Waals surface area (Å²) in [5, 5.41) is 26.5. The van der Waals surface area contributed by atoms with Gasteiger partial charge >= 0.3 is 5.97 Å². The number of carbonyl (C=O) groups is 1. The van der Waals surface area contributed by atoms with E-state index in [9.17, 15) is 9.90 Å². The lowest BCUT2D eigenvalue weighted by Crippen LogP contribution is -2.27. The summed E-state index contributed by atoms with van der Waals surface area (Å²) in [6.45, 7) is 6.23. The highest BCUT2D eigenvalue weighted by molar-refractivity contribution is 5.86. The van der Waals surface area contributed by atoms with Gasteiger partial charge in [0, 0.05) is 7.11 Å². The second-order valence-electron chi connectivity index (χ2n) is 5.22. The lowest BCUT2D eigenvalue weighted by atomic mass is 10.1. The first-order valence-electron chi connectivity index (χ1n) is 6.82. The Morgan fingerprint density at radius 2 is 2.00 bits per heavy atom. The fourth-order valence-electron chi connectivity index (χ4n) is 1.99. The summed E-state index contributed by atoms with van der Waals surface area (Å²) in [6.07, 6.45) is -0.926. The summed E-state index contributed by atoms with van der Waals surface area (Å²) in [6, 6.07) is 0. The first-order chi connectivity index (χ1) is 9.86. The van der Waals surface area contributed by atoms with Gasteiger partial charge in [-0.2, -0.15) is 0 Å². The third-order valence-corrected chi connectivity index (χ3v) is 2.88. The fourth-order valence-corrected chi connectivity index (χ4v) is 1.99. The van der Waals surface area contributed by atoms with E-state index in [1.54, 1.807) is 7.11 Å². The highest BCUT2D eigenvalue weighted by Crippen LogP contribution is 2.18. The van der Waals surface area contributed by atoms with Crippen LogP contribution < -0.4 is 0 Å². The van der Waals surface area contributed by atoms with Crippen LogP contribution in [0.15, 0.2) is 0 Å². The first kappa shape index (κ1) is 17.5. The molecule has 0 aliphatic carbocycles. The van der Waals surface area contributed by atoms with Gasteiger partial charge < -0.3 is 19.7 Å². The number of aliphatic hydroxyl groups excluding tert-OH is 1. The minimum absolute atomic E-state index is 0.0633. The second-order valence-corrected chi connectivity index (χ2v) is 5.22. The molecule has 0 saturated carbocycles. The van der Waals surface area contributed by atoms with Crippen LogP contribution >= 0.6 is 0 Å². The summed E-state index contributed by atoms with van der Waals surface area (Å²) >= 11 is 0. The lowest BCUT2D eigenvalue weighted by Gasteiger charge is -2.17. The summed E-state index contributed by atoms with van der Waals surface area (Å²) in [5.74, 6) is -1.18. The number of aromatic carboxylic acids is 1. The first-order valence-corrected chi connectivity index (χ1v) is 6.82. The second kappa shape index (κ2) is 8.06. The van der Waals surface area contributed by atoms with Crippen molar-refractivity contribution in [3.63, 3.8) is 0 Å². The maximum Gasteiger partial charge on any atom is 0.358 e. The zero-order valence-corrected chi connectivity index (χ0v) is 12.8. The number of nitrogens with zero attached hydrogens (tertiary/aromatic N) is 3. The molecule has 2 atom stereocenters. The molecule has 8 heteroatoms. The Labute approximate surface area is 123 Å². The van der Waals surface area contributed by atoms with Crippen molar-refractivity contribution >= 4 is 5.97 Å². The Hall–Kier alpha value is -1.51. The molecule has 120 valence electrons. The van der Waals surface area contributed by atoms with E-state index in [0.717, 1.165) is 0 Å². The van der Waals surface area contributed by atoms with Gasteiger partial charge in [-0.3, -0.25) is 0 Å². The molecule has 0 aromatic carbocycles. The Kier molecular flexibility index (Phi) is 6.73. The van der Waals surface area contributed by atoms with E-state index in [4.69, 9.17) is 14.6 Å². The standard InChI is InChI=1S/C13H23N3O5/c1-8(2)12-11(13(18)19)14-15-16(12)5-10(17)7-21-9(3)6-20-4/h8-10,17H,5-7H2,1-4H3,(H,18,19). The Bertz CT molecular complexity index is 461. The highest BCUT2D eigenvalue weighted by atomic mass is 16.5. The molecule has 0 bridgehead atoms. The summed E-state index contributed by atoms with van der Waals surface area (Å²) in [5.41, 5.74) is 0.414. The van der Waals surface area contributed by atoms with Crippen LogP contribution in [0.3, 0.4) is 0 Å². The normalized spacial score (nSPS) is 14.4. The molecular weight excluding hydrogens is 278 g/mol. The molecule has 0 aliphatic rings. The Balaban J connectivity index is 2.68. The highest BCUT2D eigenvalue weighted by Gasteiger charge is 2.22. The fraction of sp³-hybridized carbons (Fsp3) is 0.769. The number of hydrogen-bond donors (Lipinski definition) is 2. The van der Waals surface area contributed by atoms with Crippen LogP contribution in [0, 0.1) is 0 Å². The van der Waals surface area contributed by atoms with Crippen LogP contribution in [0.5, 0.6) is 0 Å². The third-order valence-electron chi connectivity index (χ3n) is 2.88. The summed E-state index contributed by atoms with van der Waals surface area (Å²) in [4.78, 5) is 11.1. The number of aliphatic hydroxyl groups is 1. The average Bonchev–Trinajstić information content (AvgIpc) is 2.80. The SMILES string of the molecule is COCC(C)OCC(O)Cn1nnc(C(=O)O)c1C(C)C. The topological polar surface area (TPSA) is 107 Å². The van der Waals surface area contributed by atoms with E-state index in [1.165, 1.54) is 4.68 Å². The van der Waals surface area contributed by atoms with Crippen LogP contribution in [0.25, 0.3) is 0 Å². The molecule has 1 rings (SSSR count). The largest absolute Gasteiger partial charge is 0.476 e. The Morgan fingerprint density at radius 1 is 1.33 bits per heavy atom. The van der Waals surface area contributed by atoms with Crippen LogP contribution in [-0.2, 0) is 16.0 Å². The molecule has 8 nitrogen and oxygen atoms in total. The number of hydrogen-bond acceptors (Lipinski definition) is 6. The lowest BCUT2D eigenvalue weighted by molar-refractivity contribution is -0.0367. The number of carboxylic acid groups (broad SMARTS) is 1. The zero-order chi connectivity index (χ0) is 16.0. The van der Waals surface area contributed by atoms with Gasteiger partial charge in [-0.05, 0) is 12.8 Å². The number of carboxylic acids is 1. The van der Waals surface area contributed by atoms with Gasteiger partial charge in [0.15, 0.2) is 5.69 Å². The number of rotatable bonds is 9. The van der Waals surface area contributed by atoms with Gasteiger partial charge in [0.1, 0.15) is 0 Å². The summed E-state index contributed by atoms with van der Waals surface area (Å²) < 4.78 is 11.8. The molecule has 0 amide bonds. The van der Waals surface area contributed by atoms with E-state index < -0.39 is 12.1 Å². The van der Waals surface area contributed by atoms with Crippen molar-refractivity contribution < 1.29 is 24.5 Å². The minimum Gasteiger partial charge on any atom is -0.476 e. The third kappa shape index (κ3) is 5.07. The molecule has 0 spiro atoms. The quantitative estimate of drug-likeness (QED) is 0.684. The van der Waals surface area contributed by atoms with Gasteiger partial charge in [-0.25, -0.2) is 9.48 Å². The van der Waals surface area contributed by atoms with E-state index in [-0.39, 0.29) is 30.9 Å². The zero-order valence-electron chi connectivity index (χ0n) is 12.8. The van der Waals surface area contributed by atoms with Crippen molar-refractivity contribution in [1.82, 2.24) is 15.0 Å². The van der Waals surface area contributed by atoms with Crippen molar-refractivity contribution in [2.45, 2.75) is 45.4 Å². The molecule has 0 aliphatic heterocycles. The number of ether oxygens (including phenoxy) is 2. The van der Waals surface area contributed by atoms with Crippen LogP contribution in [0.4, 0.5) is 0 Å². The van der Waals surface area contributed by atoms with Crippen LogP contribution in [0.1, 0.15) is 42.9 Å². The van der Waals surface area contributed by atoms with Gasteiger partial charge in [0.25, 0.3) is 0 Å². The minimum atomic E-state index is -1.12. The number of methoxy groups -OCH3 is 1. The van der Waals surface area contributed by atoms with Crippen LogP contribution in [-0.4, -0.2) is 63.7 Å². The maximum atomic E-state index is 11.1. The molecular formula is C13H23N3O5. The summed E-state index contributed by atoms with van der Waals surface area (Å²) in [7, 11) is 1.58. The molecule has 21 heavy (non-hydrogen) atoms. The van der Waals surface area contributed by atoms with Crippen LogP contribution in [0.2, 0.25) is 0 Å². The average molecular weight is 301 g/mol. The molecule has 0 radical (unpaired) electrons.